The molecule has 0 aliphatic carbocycles. The molecule has 0 fully saturated rings. The predicted octanol–water partition coefficient (Wildman–Crippen LogP) is -0.909. The summed E-state index contributed by atoms with van der Waals surface area (Å²) in [6.45, 7) is 3.51. The molecule has 3 amide bonds. The molecule has 0 radical (unpaired) electrons. The van der Waals surface area contributed by atoms with Crippen LogP contribution in [0.1, 0.15) is 38.7 Å². The van der Waals surface area contributed by atoms with E-state index in [1.54, 1.807) is 44.2 Å². The summed E-state index contributed by atoms with van der Waals surface area (Å²) in [6, 6.07) is 2.96. The van der Waals surface area contributed by atoms with E-state index in [0.29, 0.717) is 5.56 Å². The van der Waals surface area contributed by atoms with Gasteiger partial charge in [-0.25, -0.2) is 4.79 Å². The Morgan fingerprint density at radius 3 is 1.75 bits per heavy atom. The molecule has 0 heterocycles. The molecule has 0 aromatic heterocycles. The van der Waals surface area contributed by atoms with Crippen molar-refractivity contribution in [3.05, 3.63) is 35.9 Å². The lowest BCUT2D eigenvalue weighted by Gasteiger charge is -2.26. The Morgan fingerprint density at radius 1 is 0.750 bits per heavy atom. The summed E-state index contributed by atoms with van der Waals surface area (Å²) in [6.07, 6.45) is -1.45. The average molecular weight is 509 g/mol. The van der Waals surface area contributed by atoms with Crippen molar-refractivity contribution in [3.63, 3.8) is 0 Å². The molecule has 13 heteroatoms. The van der Waals surface area contributed by atoms with Crippen LogP contribution in [0.3, 0.4) is 0 Å². The number of carbonyl (C=O) groups is 6. The highest BCUT2D eigenvalue weighted by atomic mass is 16.4. The fourth-order valence-corrected chi connectivity index (χ4v) is 3.24. The molecule has 198 valence electrons. The van der Waals surface area contributed by atoms with Gasteiger partial charge in [-0.15, -0.1) is 0 Å². The standard InChI is InChI=1S/C23H32N4O9/c1-12(2)8-15(21(33)27-17(23(35)36)11-19(30)31)26-22(34)16(9-13-6-4-3-5-7-13)25-20(32)14(24)10-18(28)29/h3-7,12,14-17H,8-11,24H2,1-2H3,(H,25,32)(H,26,34)(H,27,33)(H,28,29)(H,30,31)(H,35,36). The van der Waals surface area contributed by atoms with Gasteiger partial charge in [-0.05, 0) is 17.9 Å². The van der Waals surface area contributed by atoms with E-state index in [0.717, 1.165) is 0 Å². The van der Waals surface area contributed by atoms with Crippen molar-refractivity contribution >= 4 is 35.6 Å². The van der Waals surface area contributed by atoms with E-state index in [1.807, 2.05) is 0 Å². The van der Waals surface area contributed by atoms with Gasteiger partial charge in [0.05, 0.1) is 18.9 Å². The van der Waals surface area contributed by atoms with Gasteiger partial charge in [0.25, 0.3) is 0 Å². The molecule has 0 bridgehead atoms. The number of carbonyl (C=O) groups excluding carboxylic acids is 3. The molecule has 0 saturated carbocycles. The van der Waals surface area contributed by atoms with Crippen LogP contribution in [0.4, 0.5) is 0 Å². The quantitative estimate of drug-likeness (QED) is 0.154. The summed E-state index contributed by atoms with van der Waals surface area (Å²) < 4.78 is 0. The number of carboxylic acids is 3. The molecule has 0 spiro atoms. The molecule has 8 N–H and O–H groups in total. The zero-order valence-corrected chi connectivity index (χ0v) is 20.0. The van der Waals surface area contributed by atoms with Crippen molar-refractivity contribution in [1.82, 2.24) is 16.0 Å². The van der Waals surface area contributed by atoms with Gasteiger partial charge < -0.3 is 37.0 Å². The number of nitrogens with one attached hydrogen (secondary N) is 3. The first kappa shape index (κ1) is 30.0. The van der Waals surface area contributed by atoms with E-state index in [-0.39, 0.29) is 18.8 Å². The van der Waals surface area contributed by atoms with Crippen LogP contribution in [-0.2, 0) is 35.2 Å². The van der Waals surface area contributed by atoms with E-state index < -0.39 is 72.6 Å². The molecule has 0 aliphatic heterocycles. The van der Waals surface area contributed by atoms with Crippen LogP contribution in [-0.4, -0.2) is 75.1 Å². The second kappa shape index (κ2) is 14.4. The highest BCUT2D eigenvalue weighted by molar-refractivity contribution is 5.95. The van der Waals surface area contributed by atoms with Gasteiger partial charge in [0.15, 0.2) is 0 Å². The third kappa shape index (κ3) is 11.0. The molecule has 0 aliphatic rings. The monoisotopic (exact) mass is 508 g/mol. The fraction of sp³-hybridized carbons (Fsp3) is 0.478. The number of hydrogen-bond acceptors (Lipinski definition) is 7. The topological polar surface area (TPSA) is 225 Å². The highest BCUT2D eigenvalue weighted by Crippen LogP contribution is 2.09. The van der Waals surface area contributed by atoms with Crippen LogP contribution in [0.25, 0.3) is 0 Å². The van der Waals surface area contributed by atoms with E-state index in [4.69, 9.17) is 15.9 Å². The van der Waals surface area contributed by atoms with Crippen LogP contribution >= 0.6 is 0 Å². The lowest BCUT2D eigenvalue weighted by molar-refractivity contribution is -0.147. The number of hydrogen-bond donors (Lipinski definition) is 7. The summed E-state index contributed by atoms with van der Waals surface area (Å²) in [5, 5.41) is 34.0. The minimum atomic E-state index is -1.71. The van der Waals surface area contributed by atoms with E-state index >= 15 is 0 Å². The smallest absolute Gasteiger partial charge is 0.326 e. The third-order valence-corrected chi connectivity index (χ3v) is 4.98. The van der Waals surface area contributed by atoms with Gasteiger partial charge in [-0.1, -0.05) is 44.2 Å². The predicted molar refractivity (Wildman–Crippen MR) is 126 cm³/mol. The molecule has 4 unspecified atom stereocenters. The maximum absolute atomic E-state index is 13.1. The first-order valence-corrected chi connectivity index (χ1v) is 11.2. The molecule has 0 saturated heterocycles. The van der Waals surface area contributed by atoms with Crippen molar-refractivity contribution < 1.29 is 44.1 Å². The summed E-state index contributed by atoms with van der Waals surface area (Å²) in [5.74, 6) is -7.00. The molecule has 1 aromatic carbocycles. The Labute approximate surface area is 207 Å². The number of aliphatic carboxylic acids is 3. The average Bonchev–Trinajstić information content (AvgIpc) is 2.77. The van der Waals surface area contributed by atoms with Crippen molar-refractivity contribution in [2.45, 2.75) is 63.7 Å². The fourth-order valence-electron chi connectivity index (χ4n) is 3.24. The third-order valence-electron chi connectivity index (χ3n) is 4.98. The van der Waals surface area contributed by atoms with Crippen LogP contribution in [0.2, 0.25) is 0 Å². The maximum Gasteiger partial charge on any atom is 0.326 e. The molecule has 1 aromatic rings. The zero-order chi connectivity index (χ0) is 27.4. The molecule has 4 atom stereocenters. The Hall–Kier alpha value is -4.00. The molecular formula is C23H32N4O9. The second-order valence-corrected chi connectivity index (χ2v) is 8.64. The van der Waals surface area contributed by atoms with Crippen LogP contribution < -0.4 is 21.7 Å². The Balaban J connectivity index is 3.12. The van der Waals surface area contributed by atoms with Crippen LogP contribution in [0.5, 0.6) is 0 Å². The largest absolute Gasteiger partial charge is 0.481 e. The molecular weight excluding hydrogens is 476 g/mol. The first-order chi connectivity index (χ1) is 16.8. The highest BCUT2D eigenvalue weighted by Gasteiger charge is 2.31. The molecule has 36 heavy (non-hydrogen) atoms. The van der Waals surface area contributed by atoms with E-state index in [9.17, 15) is 33.9 Å². The van der Waals surface area contributed by atoms with Crippen LogP contribution in [0.15, 0.2) is 30.3 Å². The SMILES string of the molecule is CC(C)CC(NC(=O)C(Cc1ccccc1)NC(=O)C(N)CC(=O)O)C(=O)NC(CC(=O)O)C(=O)O. The maximum atomic E-state index is 13.1. The van der Waals surface area contributed by atoms with Gasteiger partial charge in [0.2, 0.25) is 17.7 Å². The number of amides is 3. The van der Waals surface area contributed by atoms with Gasteiger partial charge in [-0.2, -0.15) is 0 Å². The summed E-state index contributed by atoms with van der Waals surface area (Å²) >= 11 is 0. The Bertz CT molecular complexity index is 952. The summed E-state index contributed by atoms with van der Waals surface area (Å²) in [5.41, 5.74) is 6.26. The Kier molecular flexibility index (Phi) is 12.0. The minimum Gasteiger partial charge on any atom is -0.481 e. The normalized spacial score (nSPS) is 14.1. The van der Waals surface area contributed by atoms with Gasteiger partial charge >= 0.3 is 17.9 Å². The molecule has 1 rings (SSSR count). The number of rotatable bonds is 15. The van der Waals surface area contributed by atoms with E-state index in [2.05, 4.69) is 16.0 Å². The lowest BCUT2D eigenvalue weighted by atomic mass is 10.0. The summed E-state index contributed by atoms with van der Waals surface area (Å²) in [4.78, 5) is 71.5. The van der Waals surface area contributed by atoms with Gasteiger partial charge in [0.1, 0.15) is 18.1 Å². The zero-order valence-electron chi connectivity index (χ0n) is 20.0. The van der Waals surface area contributed by atoms with Gasteiger partial charge in [-0.3, -0.25) is 24.0 Å². The van der Waals surface area contributed by atoms with Gasteiger partial charge in [0, 0.05) is 6.42 Å². The lowest BCUT2D eigenvalue weighted by Crippen LogP contribution is -2.58. The number of benzene rings is 1. The second-order valence-electron chi connectivity index (χ2n) is 8.64. The Morgan fingerprint density at radius 2 is 1.25 bits per heavy atom. The van der Waals surface area contributed by atoms with E-state index in [1.165, 1.54) is 0 Å². The van der Waals surface area contributed by atoms with Crippen LogP contribution in [0, 0.1) is 5.92 Å². The number of carboxylic acid groups (broad SMARTS) is 3. The summed E-state index contributed by atoms with van der Waals surface area (Å²) in [7, 11) is 0. The van der Waals surface area contributed by atoms with Crippen molar-refractivity contribution in [1.29, 1.82) is 0 Å². The van der Waals surface area contributed by atoms with Crippen molar-refractivity contribution in [2.24, 2.45) is 11.7 Å². The minimum absolute atomic E-state index is 0.00894. The number of nitrogens with two attached hydrogens (primary N) is 1. The molecule has 13 nitrogen and oxygen atoms in total. The van der Waals surface area contributed by atoms with Crippen molar-refractivity contribution in [2.75, 3.05) is 0 Å². The first-order valence-electron chi connectivity index (χ1n) is 11.2. The van der Waals surface area contributed by atoms with Crippen molar-refractivity contribution in [3.8, 4) is 0 Å².